The second-order valence-electron chi connectivity index (χ2n) is 4.34. The van der Waals surface area contributed by atoms with E-state index < -0.39 is 0 Å². The molecule has 5 nitrogen and oxygen atoms in total. The van der Waals surface area contributed by atoms with Crippen LogP contribution < -0.4 is 10.6 Å². The second-order valence-corrected chi connectivity index (χ2v) is 4.34. The maximum absolute atomic E-state index is 11.7. The summed E-state index contributed by atoms with van der Waals surface area (Å²) in [6.45, 7) is 2.87. The number of ether oxygens (including phenoxy) is 1. The molecule has 0 bridgehead atoms. The number of rotatable bonds is 4. The molecule has 1 aliphatic heterocycles. The van der Waals surface area contributed by atoms with Gasteiger partial charge in [0.1, 0.15) is 5.75 Å². The zero-order chi connectivity index (χ0) is 12.8. The number of aromatic hydroxyl groups is 1. The van der Waals surface area contributed by atoms with E-state index in [0.29, 0.717) is 19.6 Å². The Bertz CT molecular complexity index is 386. The first-order valence-electron chi connectivity index (χ1n) is 6.11. The number of hydrogen-bond acceptors (Lipinski definition) is 4. The van der Waals surface area contributed by atoms with E-state index in [4.69, 9.17) is 9.84 Å². The normalized spacial score (nSPS) is 19.4. The molecule has 98 valence electrons. The van der Waals surface area contributed by atoms with Gasteiger partial charge in [-0.25, -0.2) is 0 Å². The number of amides is 1. The first-order valence-corrected chi connectivity index (χ1v) is 6.11. The lowest BCUT2D eigenvalue weighted by atomic mass is 10.1. The Morgan fingerprint density at radius 3 is 2.89 bits per heavy atom. The summed E-state index contributed by atoms with van der Waals surface area (Å²) in [6, 6.07) is 6.65. The van der Waals surface area contributed by atoms with Crippen LogP contribution in [0.4, 0.5) is 0 Å². The van der Waals surface area contributed by atoms with Gasteiger partial charge >= 0.3 is 0 Å². The smallest absolute Gasteiger partial charge is 0.224 e. The topological polar surface area (TPSA) is 70.6 Å². The van der Waals surface area contributed by atoms with Gasteiger partial charge < -0.3 is 20.5 Å². The molecule has 1 aromatic carbocycles. The van der Waals surface area contributed by atoms with Crippen LogP contribution in [0.2, 0.25) is 0 Å². The number of benzene rings is 1. The number of carbonyl (C=O) groups excluding carboxylic acids is 1. The summed E-state index contributed by atoms with van der Waals surface area (Å²) in [4.78, 5) is 11.7. The van der Waals surface area contributed by atoms with Gasteiger partial charge in [0, 0.05) is 19.6 Å². The van der Waals surface area contributed by atoms with Gasteiger partial charge in [-0.1, -0.05) is 12.1 Å². The van der Waals surface area contributed by atoms with Crippen molar-refractivity contribution >= 4 is 5.91 Å². The minimum Gasteiger partial charge on any atom is -0.508 e. The highest BCUT2D eigenvalue weighted by Crippen LogP contribution is 2.09. The van der Waals surface area contributed by atoms with Crippen LogP contribution in [0.1, 0.15) is 5.56 Å². The van der Waals surface area contributed by atoms with Gasteiger partial charge in [0.05, 0.1) is 19.1 Å². The summed E-state index contributed by atoms with van der Waals surface area (Å²) in [5, 5.41) is 15.2. The molecule has 1 saturated heterocycles. The van der Waals surface area contributed by atoms with Gasteiger partial charge in [0.25, 0.3) is 0 Å². The predicted molar refractivity (Wildman–Crippen MR) is 67.4 cm³/mol. The van der Waals surface area contributed by atoms with Crippen molar-refractivity contribution in [2.24, 2.45) is 0 Å². The van der Waals surface area contributed by atoms with Crippen LogP contribution in [0.3, 0.4) is 0 Å². The second kappa shape index (κ2) is 6.37. The summed E-state index contributed by atoms with van der Waals surface area (Å²) in [5.74, 6) is 0.177. The van der Waals surface area contributed by atoms with E-state index in [-0.39, 0.29) is 17.8 Å². The Balaban J connectivity index is 1.73. The summed E-state index contributed by atoms with van der Waals surface area (Å²) >= 11 is 0. The van der Waals surface area contributed by atoms with Crippen LogP contribution in [-0.2, 0) is 16.0 Å². The number of carbonyl (C=O) groups is 1. The number of morpholine rings is 1. The van der Waals surface area contributed by atoms with Gasteiger partial charge in [-0.15, -0.1) is 0 Å². The third-order valence-electron chi connectivity index (χ3n) is 2.83. The fourth-order valence-electron chi connectivity index (χ4n) is 1.84. The van der Waals surface area contributed by atoms with Crippen LogP contribution in [0.15, 0.2) is 24.3 Å². The Morgan fingerprint density at radius 2 is 2.22 bits per heavy atom. The van der Waals surface area contributed by atoms with Crippen molar-refractivity contribution in [3.63, 3.8) is 0 Å². The summed E-state index contributed by atoms with van der Waals surface area (Å²) < 4.78 is 5.48. The minimum absolute atomic E-state index is 0.0325. The van der Waals surface area contributed by atoms with Gasteiger partial charge in [-0.2, -0.15) is 0 Å². The first kappa shape index (κ1) is 12.9. The molecule has 2 rings (SSSR count). The molecule has 1 aliphatic rings. The Kier molecular flexibility index (Phi) is 4.55. The summed E-state index contributed by atoms with van der Waals surface area (Å²) in [5.41, 5.74) is 0.882. The third-order valence-corrected chi connectivity index (χ3v) is 2.83. The van der Waals surface area contributed by atoms with E-state index in [9.17, 15) is 4.79 Å². The average Bonchev–Trinajstić information content (AvgIpc) is 2.40. The molecule has 0 spiro atoms. The lowest BCUT2D eigenvalue weighted by Crippen LogP contribution is -2.45. The number of nitrogens with one attached hydrogen (secondary N) is 2. The predicted octanol–water partition coefficient (Wildman–Crippen LogP) is 0.0393. The van der Waals surface area contributed by atoms with Crippen LogP contribution in [-0.4, -0.2) is 43.4 Å². The Hall–Kier alpha value is -1.59. The zero-order valence-corrected chi connectivity index (χ0v) is 10.2. The molecule has 18 heavy (non-hydrogen) atoms. The van der Waals surface area contributed by atoms with E-state index in [1.165, 1.54) is 0 Å². The highest BCUT2D eigenvalue weighted by Gasteiger charge is 2.14. The Labute approximate surface area is 106 Å². The van der Waals surface area contributed by atoms with Crippen LogP contribution in [0, 0.1) is 0 Å². The molecule has 1 fully saturated rings. The molecule has 0 saturated carbocycles. The SMILES string of the molecule is O=C(Cc1ccc(O)cc1)NCC1CNCCO1. The van der Waals surface area contributed by atoms with Crippen molar-refractivity contribution in [2.75, 3.05) is 26.2 Å². The Morgan fingerprint density at radius 1 is 1.44 bits per heavy atom. The van der Waals surface area contributed by atoms with Gasteiger partial charge in [0.15, 0.2) is 0 Å². The zero-order valence-electron chi connectivity index (χ0n) is 10.2. The van der Waals surface area contributed by atoms with Crippen LogP contribution in [0.25, 0.3) is 0 Å². The van der Waals surface area contributed by atoms with E-state index in [0.717, 1.165) is 18.7 Å². The van der Waals surface area contributed by atoms with E-state index >= 15 is 0 Å². The molecule has 1 heterocycles. The largest absolute Gasteiger partial charge is 0.508 e. The molecular formula is C13H18N2O3. The number of phenols is 1. The highest BCUT2D eigenvalue weighted by atomic mass is 16.5. The molecule has 1 unspecified atom stereocenters. The first-order chi connectivity index (χ1) is 8.74. The fourth-order valence-corrected chi connectivity index (χ4v) is 1.84. The molecular weight excluding hydrogens is 232 g/mol. The van der Waals surface area contributed by atoms with Crippen molar-refractivity contribution in [3.8, 4) is 5.75 Å². The summed E-state index contributed by atoms with van der Waals surface area (Å²) in [7, 11) is 0. The molecule has 0 aliphatic carbocycles. The lowest BCUT2D eigenvalue weighted by molar-refractivity contribution is -0.121. The molecule has 1 atom stereocenters. The van der Waals surface area contributed by atoms with Crippen molar-refractivity contribution < 1.29 is 14.6 Å². The third kappa shape index (κ3) is 4.01. The molecule has 1 aromatic rings. The van der Waals surface area contributed by atoms with E-state index in [2.05, 4.69) is 10.6 Å². The van der Waals surface area contributed by atoms with Crippen LogP contribution >= 0.6 is 0 Å². The monoisotopic (exact) mass is 250 g/mol. The van der Waals surface area contributed by atoms with Crippen molar-refractivity contribution in [2.45, 2.75) is 12.5 Å². The molecule has 3 N–H and O–H groups in total. The highest BCUT2D eigenvalue weighted by molar-refractivity contribution is 5.78. The quantitative estimate of drug-likeness (QED) is 0.705. The average molecular weight is 250 g/mol. The summed E-state index contributed by atoms with van der Waals surface area (Å²) in [6.07, 6.45) is 0.378. The fraction of sp³-hybridized carbons (Fsp3) is 0.462. The maximum atomic E-state index is 11.7. The minimum atomic E-state index is -0.0325. The molecule has 1 amide bonds. The maximum Gasteiger partial charge on any atom is 0.224 e. The van der Waals surface area contributed by atoms with E-state index in [1.54, 1.807) is 24.3 Å². The number of hydrogen-bond donors (Lipinski definition) is 3. The van der Waals surface area contributed by atoms with Crippen LogP contribution in [0.5, 0.6) is 5.75 Å². The number of phenolic OH excluding ortho intramolecular Hbond substituents is 1. The van der Waals surface area contributed by atoms with Gasteiger partial charge in [-0.05, 0) is 17.7 Å². The molecule has 0 radical (unpaired) electrons. The standard InChI is InChI=1S/C13H18N2O3/c16-11-3-1-10(2-4-11)7-13(17)15-9-12-8-14-5-6-18-12/h1-4,12,14,16H,5-9H2,(H,15,17). The molecule has 5 heteroatoms. The lowest BCUT2D eigenvalue weighted by Gasteiger charge is -2.23. The van der Waals surface area contributed by atoms with Gasteiger partial charge in [-0.3, -0.25) is 4.79 Å². The van der Waals surface area contributed by atoms with Crippen molar-refractivity contribution in [3.05, 3.63) is 29.8 Å². The van der Waals surface area contributed by atoms with Gasteiger partial charge in [0.2, 0.25) is 5.91 Å². The van der Waals surface area contributed by atoms with Crippen molar-refractivity contribution in [1.82, 2.24) is 10.6 Å². The van der Waals surface area contributed by atoms with E-state index in [1.807, 2.05) is 0 Å². The molecule has 0 aromatic heterocycles. The van der Waals surface area contributed by atoms with Crippen molar-refractivity contribution in [1.29, 1.82) is 0 Å².